The Balaban J connectivity index is 1.61. The van der Waals surface area contributed by atoms with Gasteiger partial charge >= 0.3 is 4.87 Å². The van der Waals surface area contributed by atoms with Gasteiger partial charge in [0.1, 0.15) is 6.54 Å². The van der Waals surface area contributed by atoms with Crippen LogP contribution >= 0.6 is 22.9 Å². The molecule has 3 aromatic rings. The molecule has 0 saturated carbocycles. The predicted octanol–water partition coefficient (Wildman–Crippen LogP) is 4.55. The van der Waals surface area contributed by atoms with Gasteiger partial charge in [-0.15, -0.1) is 0 Å². The summed E-state index contributed by atoms with van der Waals surface area (Å²) in [5.41, 5.74) is 3.87. The Bertz CT molecular complexity index is 1240. The average Bonchev–Trinajstić information content (AvgIpc) is 3.15. The van der Waals surface area contributed by atoms with E-state index in [0.717, 1.165) is 38.4 Å². The topological polar surface area (TPSA) is 83.7 Å². The first-order chi connectivity index (χ1) is 13.9. The summed E-state index contributed by atoms with van der Waals surface area (Å²) in [6, 6.07) is 14.5. The van der Waals surface area contributed by atoms with Crippen LogP contribution in [0, 0.1) is 0 Å². The number of fused-ring (bicyclic) bond motifs is 1. The highest BCUT2D eigenvalue weighted by Gasteiger charge is 2.21. The van der Waals surface area contributed by atoms with Gasteiger partial charge in [0, 0.05) is 16.8 Å². The van der Waals surface area contributed by atoms with Crippen LogP contribution in [0.15, 0.2) is 58.3 Å². The third kappa shape index (κ3) is 3.74. The summed E-state index contributed by atoms with van der Waals surface area (Å²) in [5, 5.41) is 13.6. The van der Waals surface area contributed by atoms with Gasteiger partial charge in [0.25, 0.3) is 0 Å². The van der Waals surface area contributed by atoms with Gasteiger partial charge < -0.3 is 10.4 Å². The molecule has 0 aliphatic carbocycles. The van der Waals surface area contributed by atoms with E-state index in [2.05, 4.69) is 10.3 Å². The van der Waals surface area contributed by atoms with E-state index in [4.69, 9.17) is 11.6 Å². The van der Waals surface area contributed by atoms with Crippen molar-refractivity contribution >= 4 is 57.6 Å². The maximum absolute atomic E-state index is 12.4. The Morgan fingerprint density at radius 1 is 1.24 bits per heavy atom. The minimum absolute atomic E-state index is 0.251. The molecule has 2 heterocycles. The summed E-state index contributed by atoms with van der Waals surface area (Å²) in [6.07, 6.45) is 1.73. The third-order valence-electron chi connectivity index (χ3n) is 4.49. The van der Waals surface area contributed by atoms with Crippen molar-refractivity contribution in [3.8, 4) is 5.88 Å². The van der Waals surface area contributed by atoms with Gasteiger partial charge in [-0.25, -0.2) is 0 Å². The van der Waals surface area contributed by atoms with Crippen LogP contribution in [0.2, 0.25) is 5.02 Å². The SMILES string of the molecule is CC1=Nc2ccccc2C1=Cc1sc(=O)n(CC(=O)Nc2ccccc2Cl)c1O. The van der Waals surface area contributed by atoms with Gasteiger partial charge in [0.2, 0.25) is 11.8 Å². The normalized spacial score (nSPS) is 14.0. The second kappa shape index (κ2) is 7.69. The number of halogens is 1. The van der Waals surface area contributed by atoms with Crippen LogP contribution < -0.4 is 10.2 Å². The number of carbonyl (C=O) groups excluding carboxylic acids is 1. The number of amides is 1. The lowest BCUT2D eigenvalue weighted by molar-refractivity contribution is -0.116. The molecule has 1 aliphatic heterocycles. The van der Waals surface area contributed by atoms with Crippen molar-refractivity contribution in [2.45, 2.75) is 13.5 Å². The Hall–Kier alpha value is -3.16. The highest BCUT2D eigenvalue weighted by atomic mass is 35.5. The van der Waals surface area contributed by atoms with E-state index < -0.39 is 10.8 Å². The summed E-state index contributed by atoms with van der Waals surface area (Å²) >= 11 is 6.91. The molecular formula is C21H16ClN3O3S. The smallest absolute Gasteiger partial charge is 0.311 e. The molecule has 4 rings (SSSR count). The summed E-state index contributed by atoms with van der Waals surface area (Å²) in [4.78, 5) is 29.2. The minimum atomic E-state index is -0.462. The number of aliphatic imine (C=N–C) groups is 1. The van der Waals surface area contributed by atoms with Crippen molar-refractivity contribution in [2.75, 3.05) is 5.32 Å². The average molecular weight is 426 g/mol. The predicted molar refractivity (Wildman–Crippen MR) is 117 cm³/mol. The number of anilines is 1. The Morgan fingerprint density at radius 3 is 2.76 bits per heavy atom. The summed E-state index contributed by atoms with van der Waals surface area (Å²) in [6.45, 7) is 1.55. The number of thiazole rings is 1. The van der Waals surface area contributed by atoms with Crippen molar-refractivity contribution in [2.24, 2.45) is 4.99 Å². The molecule has 1 aliphatic rings. The van der Waals surface area contributed by atoms with E-state index >= 15 is 0 Å². The standard InChI is InChI=1S/C21H16ClN3O3S/c1-12-14(13-6-2-4-8-16(13)23-12)10-18-20(27)25(21(28)29-18)11-19(26)24-17-9-5-3-7-15(17)22/h2-10,27H,11H2,1H3,(H,24,26). The van der Waals surface area contributed by atoms with Crippen LogP contribution in [0.4, 0.5) is 11.4 Å². The van der Waals surface area contributed by atoms with Crippen molar-refractivity contribution in [1.29, 1.82) is 0 Å². The molecular weight excluding hydrogens is 410 g/mol. The summed E-state index contributed by atoms with van der Waals surface area (Å²) in [7, 11) is 0. The molecule has 8 heteroatoms. The number of nitrogens with one attached hydrogen (secondary N) is 1. The van der Waals surface area contributed by atoms with Gasteiger partial charge in [-0.1, -0.05) is 53.3 Å². The number of rotatable bonds is 4. The molecule has 1 aromatic heterocycles. The zero-order chi connectivity index (χ0) is 20.5. The van der Waals surface area contributed by atoms with Crippen molar-refractivity contribution in [3.05, 3.63) is 73.7 Å². The summed E-state index contributed by atoms with van der Waals surface area (Å²) in [5.74, 6) is -0.713. The van der Waals surface area contributed by atoms with E-state index in [1.54, 1.807) is 30.3 Å². The summed E-state index contributed by atoms with van der Waals surface area (Å²) < 4.78 is 1.04. The minimum Gasteiger partial charge on any atom is -0.493 e. The van der Waals surface area contributed by atoms with Crippen LogP contribution in [-0.2, 0) is 11.3 Å². The Morgan fingerprint density at radius 2 is 1.97 bits per heavy atom. The van der Waals surface area contributed by atoms with Crippen LogP contribution in [-0.4, -0.2) is 21.3 Å². The number of carbonyl (C=O) groups is 1. The molecule has 0 spiro atoms. The molecule has 6 nitrogen and oxygen atoms in total. The highest BCUT2D eigenvalue weighted by molar-refractivity contribution is 7.10. The van der Waals surface area contributed by atoms with Crippen LogP contribution in [0.5, 0.6) is 5.88 Å². The molecule has 0 fully saturated rings. The van der Waals surface area contributed by atoms with Crippen LogP contribution in [0.3, 0.4) is 0 Å². The van der Waals surface area contributed by atoms with Crippen molar-refractivity contribution in [3.63, 3.8) is 0 Å². The number of benzene rings is 2. The first-order valence-electron chi connectivity index (χ1n) is 8.78. The van der Waals surface area contributed by atoms with Gasteiger partial charge in [-0.05, 0) is 31.2 Å². The van der Waals surface area contributed by atoms with Gasteiger partial charge in [0.05, 0.1) is 21.3 Å². The molecule has 0 saturated heterocycles. The maximum Gasteiger partial charge on any atom is 0.311 e. The number of aromatic hydroxyl groups is 1. The van der Waals surface area contributed by atoms with Crippen LogP contribution in [0.25, 0.3) is 11.6 Å². The number of aromatic nitrogens is 1. The van der Waals surface area contributed by atoms with E-state index in [1.165, 1.54) is 0 Å². The van der Waals surface area contributed by atoms with Gasteiger partial charge in [-0.2, -0.15) is 0 Å². The number of hydrogen-bond acceptors (Lipinski definition) is 5. The van der Waals surface area contributed by atoms with Crippen LogP contribution in [0.1, 0.15) is 17.4 Å². The molecule has 2 aromatic carbocycles. The lowest BCUT2D eigenvalue weighted by atomic mass is 10.0. The second-order valence-electron chi connectivity index (χ2n) is 6.44. The lowest BCUT2D eigenvalue weighted by Gasteiger charge is -2.08. The Labute approximate surface area is 175 Å². The largest absolute Gasteiger partial charge is 0.493 e. The monoisotopic (exact) mass is 425 g/mol. The van der Waals surface area contributed by atoms with Crippen molar-refractivity contribution < 1.29 is 9.90 Å². The maximum atomic E-state index is 12.4. The van der Waals surface area contributed by atoms with E-state index in [1.807, 2.05) is 31.2 Å². The molecule has 0 unspecified atom stereocenters. The number of hydrogen-bond donors (Lipinski definition) is 2. The fraction of sp³-hybridized carbons (Fsp3) is 0.0952. The molecule has 146 valence electrons. The highest BCUT2D eigenvalue weighted by Crippen LogP contribution is 2.37. The molecule has 0 radical (unpaired) electrons. The first-order valence-corrected chi connectivity index (χ1v) is 9.97. The number of allylic oxidation sites excluding steroid dienone is 1. The molecule has 29 heavy (non-hydrogen) atoms. The Kier molecular flexibility index (Phi) is 5.08. The molecule has 2 N–H and O–H groups in total. The van der Waals surface area contributed by atoms with E-state index in [9.17, 15) is 14.7 Å². The third-order valence-corrected chi connectivity index (χ3v) is 5.74. The second-order valence-corrected chi connectivity index (χ2v) is 7.84. The molecule has 1 amide bonds. The van der Waals surface area contributed by atoms with Gasteiger partial charge in [0.15, 0.2) is 0 Å². The fourth-order valence-electron chi connectivity index (χ4n) is 3.09. The molecule has 0 atom stereocenters. The molecule has 0 bridgehead atoms. The zero-order valence-electron chi connectivity index (χ0n) is 15.3. The van der Waals surface area contributed by atoms with Crippen molar-refractivity contribution in [1.82, 2.24) is 4.57 Å². The lowest BCUT2D eigenvalue weighted by Crippen LogP contribution is -2.24. The quantitative estimate of drug-likeness (QED) is 0.643. The fourth-order valence-corrected chi connectivity index (χ4v) is 4.10. The number of para-hydroxylation sites is 2. The van der Waals surface area contributed by atoms with Gasteiger partial charge in [-0.3, -0.25) is 19.1 Å². The van der Waals surface area contributed by atoms with E-state index in [-0.39, 0.29) is 12.4 Å². The number of nitrogens with zero attached hydrogens (tertiary/aromatic N) is 2. The van der Waals surface area contributed by atoms with E-state index in [0.29, 0.717) is 15.6 Å². The zero-order valence-corrected chi connectivity index (χ0v) is 16.9. The first kappa shape index (κ1) is 19.2.